The highest BCUT2D eigenvalue weighted by Gasteiger charge is 2.31. The van der Waals surface area contributed by atoms with Gasteiger partial charge in [0.25, 0.3) is 0 Å². The maximum absolute atomic E-state index is 12.9. The number of carbonyl (C=O) groups is 1. The quantitative estimate of drug-likeness (QED) is 0.551. The molecule has 2 aromatic carbocycles. The number of carbonyl (C=O) groups excluding carboxylic acids is 1. The van der Waals surface area contributed by atoms with Gasteiger partial charge in [0, 0.05) is 31.9 Å². The first-order valence-electron chi connectivity index (χ1n) is 10.5. The predicted octanol–water partition coefficient (Wildman–Crippen LogP) is 3.09. The summed E-state index contributed by atoms with van der Waals surface area (Å²) in [6, 6.07) is 16.2. The van der Waals surface area contributed by atoms with Crippen LogP contribution in [0.5, 0.6) is 0 Å². The van der Waals surface area contributed by atoms with Gasteiger partial charge in [0.15, 0.2) is 0 Å². The van der Waals surface area contributed by atoms with Crippen LogP contribution in [0.4, 0.5) is 0 Å². The van der Waals surface area contributed by atoms with Crippen LogP contribution >= 0.6 is 11.8 Å². The molecule has 0 saturated carbocycles. The number of para-hydroxylation sites is 2. The Balaban J connectivity index is 1.34. The van der Waals surface area contributed by atoms with Crippen molar-refractivity contribution in [2.45, 2.75) is 29.7 Å². The van der Waals surface area contributed by atoms with Crippen molar-refractivity contribution in [1.82, 2.24) is 19.2 Å². The largest absolute Gasteiger partial charge is 0.339 e. The first kappa shape index (κ1) is 22.7. The van der Waals surface area contributed by atoms with E-state index in [1.807, 2.05) is 38.1 Å². The fourth-order valence-corrected chi connectivity index (χ4v) is 6.10. The summed E-state index contributed by atoms with van der Waals surface area (Å²) in [7, 11) is -3.53. The zero-order chi connectivity index (χ0) is 22.7. The Morgan fingerprint density at radius 2 is 1.56 bits per heavy atom. The van der Waals surface area contributed by atoms with Crippen LogP contribution in [-0.4, -0.2) is 64.9 Å². The Morgan fingerprint density at radius 1 is 0.969 bits per heavy atom. The first-order valence-corrected chi connectivity index (χ1v) is 13.0. The normalized spacial score (nSPS) is 16.2. The maximum atomic E-state index is 12.9. The van der Waals surface area contributed by atoms with Gasteiger partial charge in [0.2, 0.25) is 15.9 Å². The second-order valence-corrected chi connectivity index (χ2v) is 11.0. The lowest BCUT2D eigenvalue weighted by Gasteiger charge is -2.35. The number of rotatable bonds is 6. The minimum Gasteiger partial charge on any atom is -0.339 e. The standard InChI is InChI=1S/C23H26N4O3S2/c1-17-22(25-21-11-7-6-10-20(21)24-17)16-31-18(2)23(28)26-12-14-27(15-13-26)32(29,30)19-8-4-3-5-9-19/h3-11,18H,12-16H2,1-2H3/t18-/m0/s1. The minimum absolute atomic E-state index is 0.0261. The summed E-state index contributed by atoms with van der Waals surface area (Å²) in [5.41, 5.74) is 3.47. The number of hydrogen-bond acceptors (Lipinski definition) is 6. The lowest BCUT2D eigenvalue weighted by atomic mass is 10.2. The molecule has 1 atom stereocenters. The van der Waals surface area contributed by atoms with E-state index in [0.29, 0.717) is 31.9 Å². The fraction of sp³-hybridized carbons (Fsp3) is 0.348. The second-order valence-electron chi connectivity index (χ2n) is 7.74. The van der Waals surface area contributed by atoms with Crippen LogP contribution in [-0.2, 0) is 20.6 Å². The number of amides is 1. The number of aromatic nitrogens is 2. The van der Waals surface area contributed by atoms with Crippen molar-refractivity contribution in [2.75, 3.05) is 26.2 Å². The highest BCUT2D eigenvalue weighted by Crippen LogP contribution is 2.23. The van der Waals surface area contributed by atoms with Crippen LogP contribution in [0.25, 0.3) is 11.0 Å². The molecule has 1 aliphatic heterocycles. The van der Waals surface area contributed by atoms with Crippen LogP contribution in [0.1, 0.15) is 18.3 Å². The van der Waals surface area contributed by atoms with Crippen molar-refractivity contribution in [2.24, 2.45) is 0 Å². The lowest BCUT2D eigenvalue weighted by molar-refractivity contribution is -0.131. The van der Waals surface area contributed by atoms with E-state index in [1.54, 1.807) is 35.2 Å². The molecule has 3 aromatic rings. The van der Waals surface area contributed by atoms with Gasteiger partial charge in [-0.15, -0.1) is 11.8 Å². The highest BCUT2D eigenvalue weighted by atomic mass is 32.2. The molecule has 0 unspecified atom stereocenters. The third-order valence-corrected chi connectivity index (χ3v) is 8.65. The van der Waals surface area contributed by atoms with Gasteiger partial charge in [-0.2, -0.15) is 4.31 Å². The van der Waals surface area contributed by atoms with E-state index >= 15 is 0 Å². The molecular formula is C23H26N4O3S2. The van der Waals surface area contributed by atoms with E-state index in [4.69, 9.17) is 4.98 Å². The van der Waals surface area contributed by atoms with E-state index in [0.717, 1.165) is 22.4 Å². The molecule has 1 aliphatic rings. The molecule has 1 saturated heterocycles. The van der Waals surface area contributed by atoms with Gasteiger partial charge < -0.3 is 4.90 Å². The SMILES string of the molecule is Cc1nc2ccccc2nc1CS[C@@H](C)C(=O)N1CCN(S(=O)(=O)c2ccccc2)CC1. The number of nitrogens with zero attached hydrogens (tertiary/aromatic N) is 4. The summed E-state index contributed by atoms with van der Waals surface area (Å²) in [5, 5.41) is -0.250. The van der Waals surface area contributed by atoms with Crippen LogP contribution in [0.3, 0.4) is 0 Å². The summed E-state index contributed by atoms with van der Waals surface area (Å²) in [4.78, 5) is 24.3. The Bertz CT molecular complexity index is 1210. The van der Waals surface area contributed by atoms with Crippen LogP contribution in [0.2, 0.25) is 0 Å². The molecule has 0 aliphatic carbocycles. The zero-order valence-electron chi connectivity index (χ0n) is 18.1. The summed E-state index contributed by atoms with van der Waals surface area (Å²) >= 11 is 1.53. The molecule has 0 radical (unpaired) electrons. The monoisotopic (exact) mass is 470 g/mol. The number of piperazine rings is 1. The van der Waals surface area contributed by atoms with Gasteiger partial charge in [-0.1, -0.05) is 30.3 Å². The lowest BCUT2D eigenvalue weighted by Crippen LogP contribution is -2.52. The molecule has 7 nitrogen and oxygen atoms in total. The number of hydrogen-bond donors (Lipinski definition) is 0. The highest BCUT2D eigenvalue weighted by molar-refractivity contribution is 7.99. The number of thioether (sulfide) groups is 1. The summed E-state index contributed by atoms with van der Waals surface area (Å²) in [5.74, 6) is 0.622. The van der Waals surface area contributed by atoms with Gasteiger partial charge in [-0.05, 0) is 38.1 Å². The Hall–Kier alpha value is -2.49. The topological polar surface area (TPSA) is 83.5 Å². The molecule has 2 heterocycles. The van der Waals surface area contributed by atoms with Gasteiger partial charge in [0.05, 0.1) is 32.6 Å². The molecular weight excluding hydrogens is 444 g/mol. The van der Waals surface area contributed by atoms with Crippen molar-refractivity contribution in [3.8, 4) is 0 Å². The summed E-state index contributed by atoms with van der Waals surface area (Å²) < 4.78 is 27.0. The summed E-state index contributed by atoms with van der Waals surface area (Å²) in [6.07, 6.45) is 0. The van der Waals surface area contributed by atoms with Gasteiger partial charge in [-0.3, -0.25) is 4.79 Å². The van der Waals surface area contributed by atoms with Crippen LogP contribution in [0, 0.1) is 6.92 Å². The minimum atomic E-state index is -3.53. The Morgan fingerprint density at radius 3 is 2.22 bits per heavy atom. The molecule has 0 N–H and O–H groups in total. The molecule has 0 spiro atoms. The molecule has 1 fully saturated rings. The number of fused-ring (bicyclic) bond motifs is 1. The third-order valence-electron chi connectivity index (χ3n) is 5.59. The maximum Gasteiger partial charge on any atom is 0.243 e. The van der Waals surface area contributed by atoms with Gasteiger partial charge >= 0.3 is 0 Å². The average Bonchev–Trinajstić information content (AvgIpc) is 2.82. The first-order chi connectivity index (χ1) is 15.4. The molecule has 168 valence electrons. The van der Waals surface area contributed by atoms with Crippen molar-refractivity contribution in [3.63, 3.8) is 0 Å². The number of sulfonamides is 1. The predicted molar refractivity (Wildman–Crippen MR) is 127 cm³/mol. The summed E-state index contributed by atoms with van der Waals surface area (Å²) in [6.45, 7) is 5.22. The van der Waals surface area contributed by atoms with E-state index in [1.165, 1.54) is 16.1 Å². The van der Waals surface area contributed by atoms with E-state index in [9.17, 15) is 13.2 Å². The number of aryl methyl sites for hydroxylation is 1. The third kappa shape index (κ3) is 4.79. The number of benzene rings is 2. The molecule has 1 aromatic heterocycles. The smallest absolute Gasteiger partial charge is 0.243 e. The van der Waals surface area contributed by atoms with Gasteiger partial charge in [0.1, 0.15) is 0 Å². The molecule has 1 amide bonds. The second kappa shape index (κ2) is 9.56. The molecule has 9 heteroatoms. The molecule has 0 bridgehead atoms. The molecule has 4 rings (SSSR count). The van der Waals surface area contributed by atoms with E-state index in [2.05, 4.69) is 4.98 Å². The van der Waals surface area contributed by atoms with E-state index in [-0.39, 0.29) is 16.1 Å². The van der Waals surface area contributed by atoms with Crippen molar-refractivity contribution < 1.29 is 13.2 Å². The van der Waals surface area contributed by atoms with Crippen molar-refractivity contribution in [3.05, 3.63) is 66.0 Å². The van der Waals surface area contributed by atoms with Crippen molar-refractivity contribution >= 4 is 38.7 Å². The zero-order valence-corrected chi connectivity index (χ0v) is 19.8. The Kier molecular flexibility index (Phi) is 6.78. The van der Waals surface area contributed by atoms with Crippen LogP contribution < -0.4 is 0 Å². The van der Waals surface area contributed by atoms with Gasteiger partial charge in [-0.25, -0.2) is 18.4 Å². The Labute approximate surface area is 192 Å². The van der Waals surface area contributed by atoms with E-state index < -0.39 is 10.0 Å². The molecule has 32 heavy (non-hydrogen) atoms. The fourth-order valence-electron chi connectivity index (χ4n) is 3.68. The van der Waals surface area contributed by atoms with Crippen molar-refractivity contribution in [1.29, 1.82) is 0 Å². The van der Waals surface area contributed by atoms with Crippen LogP contribution in [0.15, 0.2) is 59.5 Å². The average molecular weight is 471 g/mol.